The van der Waals surface area contributed by atoms with Crippen molar-refractivity contribution in [1.29, 1.82) is 0 Å². The fraction of sp³-hybridized carbons (Fsp3) is 0.833. The summed E-state index contributed by atoms with van der Waals surface area (Å²) in [5.74, 6) is 0. The highest BCUT2D eigenvalue weighted by Crippen LogP contribution is 2.12. The zero-order valence-corrected chi connectivity index (χ0v) is 10.1. The normalized spacial score (nSPS) is 15.1. The molecule has 0 radical (unpaired) electrons. The largest absolute Gasteiger partial charge is 0.377 e. The number of rotatable bonds is 8. The van der Waals surface area contributed by atoms with Gasteiger partial charge in [0.25, 0.3) is 0 Å². The van der Waals surface area contributed by atoms with Crippen LogP contribution in [-0.2, 0) is 4.74 Å². The first-order valence-electron chi connectivity index (χ1n) is 5.67. The van der Waals surface area contributed by atoms with E-state index >= 15 is 0 Å². The quantitative estimate of drug-likeness (QED) is 0.607. The van der Waals surface area contributed by atoms with Crippen molar-refractivity contribution in [1.82, 2.24) is 5.32 Å². The third-order valence-corrected chi connectivity index (χ3v) is 2.47. The summed E-state index contributed by atoms with van der Waals surface area (Å²) in [6, 6.07) is 0.410. The minimum Gasteiger partial charge on any atom is -0.377 e. The Morgan fingerprint density at radius 3 is 2.43 bits per heavy atom. The molecule has 2 unspecified atom stereocenters. The average molecular weight is 199 g/mol. The zero-order chi connectivity index (χ0) is 11.0. The molecule has 0 aromatic heterocycles. The Kier molecular flexibility index (Phi) is 7.81. The Morgan fingerprint density at radius 1 is 1.36 bits per heavy atom. The fourth-order valence-corrected chi connectivity index (χ4v) is 1.50. The standard InChI is InChI=1S/C12H25NO/c1-6-10(4)9-12(13-7-2)11(5)14-8-3/h11-13H,4,6-9H2,1-3,5H3. The van der Waals surface area contributed by atoms with Gasteiger partial charge in [0.1, 0.15) is 0 Å². The van der Waals surface area contributed by atoms with Crippen LogP contribution in [0.4, 0.5) is 0 Å². The van der Waals surface area contributed by atoms with E-state index < -0.39 is 0 Å². The second kappa shape index (κ2) is 8.01. The third kappa shape index (κ3) is 5.40. The van der Waals surface area contributed by atoms with Crippen molar-refractivity contribution in [2.75, 3.05) is 13.2 Å². The fourth-order valence-electron chi connectivity index (χ4n) is 1.50. The van der Waals surface area contributed by atoms with Crippen molar-refractivity contribution < 1.29 is 4.74 Å². The van der Waals surface area contributed by atoms with Gasteiger partial charge in [-0.25, -0.2) is 0 Å². The molecule has 0 heterocycles. The zero-order valence-electron chi connectivity index (χ0n) is 10.1. The van der Waals surface area contributed by atoms with Crippen LogP contribution in [-0.4, -0.2) is 25.3 Å². The maximum atomic E-state index is 5.60. The van der Waals surface area contributed by atoms with Gasteiger partial charge in [0.05, 0.1) is 6.10 Å². The van der Waals surface area contributed by atoms with Gasteiger partial charge in [0, 0.05) is 12.6 Å². The van der Waals surface area contributed by atoms with Gasteiger partial charge in [-0.3, -0.25) is 0 Å². The molecule has 0 amide bonds. The van der Waals surface area contributed by atoms with Crippen molar-refractivity contribution >= 4 is 0 Å². The highest BCUT2D eigenvalue weighted by molar-refractivity contribution is 4.98. The van der Waals surface area contributed by atoms with Gasteiger partial charge in [-0.2, -0.15) is 0 Å². The monoisotopic (exact) mass is 199 g/mol. The number of likely N-dealkylation sites (N-methyl/N-ethyl adjacent to an activating group) is 1. The van der Waals surface area contributed by atoms with Crippen LogP contribution in [0.2, 0.25) is 0 Å². The molecule has 0 aromatic rings. The van der Waals surface area contributed by atoms with Crippen LogP contribution in [0.15, 0.2) is 12.2 Å². The van der Waals surface area contributed by atoms with Crippen molar-refractivity contribution in [3.05, 3.63) is 12.2 Å². The molecule has 0 aliphatic carbocycles. The number of nitrogens with one attached hydrogen (secondary N) is 1. The Bertz CT molecular complexity index is 156. The van der Waals surface area contributed by atoms with Crippen LogP contribution in [0.1, 0.15) is 40.5 Å². The molecule has 1 N–H and O–H groups in total. The molecule has 84 valence electrons. The summed E-state index contributed by atoms with van der Waals surface area (Å²) in [6.07, 6.45) is 2.34. The van der Waals surface area contributed by atoms with Crippen LogP contribution in [0.25, 0.3) is 0 Å². The second-order valence-corrected chi connectivity index (χ2v) is 3.63. The Morgan fingerprint density at radius 2 is 2.00 bits per heavy atom. The van der Waals surface area contributed by atoms with Crippen LogP contribution in [0.5, 0.6) is 0 Å². The molecule has 0 saturated carbocycles. The molecule has 0 rings (SSSR count). The van der Waals surface area contributed by atoms with E-state index in [-0.39, 0.29) is 6.10 Å². The number of hydrogen-bond donors (Lipinski definition) is 1. The minimum absolute atomic E-state index is 0.267. The van der Waals surface area contributed by atoms with Gasteiger partial charge in [-0.05, 0) is 33.2 Å². The molecule has 0 bridgehead atoms. The van der Waals surface area contributed by atoms with Gasteiger partial charge in [-0.15, -0.1) is 0 Å². The number of hydrogen-bond acceptors (Lipinski definition) is 2. The summed E-state index contributed by atoms with van der Waals surface area (Å²) in [5, 5.41) is 3.45. The molecule has 0 aliphatic heterocycles. The highest BCUT2D eigenvalue weighted by Gasteiger charge is 2.16. The molecule has 0 aromatic carbocycles. The maximum Gasteiger partial charge on any atom is 0.0702 e. The molecule has 0 fully saturated rings. The summed E-state index contributed by atoms with van der Waals surface area (Å²) in [5.41, 5.74) is 1.29. The van der Waals surface area contributed by atoms with Crippen molar-refractivity contribution in [3.8, 4) is 0 Å². The topological polar surface area (TPSA) is 21.3 Å². The van der Waals surface area contributed by atoms with E-state index in [1.807, 2.05) is 6.92 Å². The first kappa shape index (κ1) is 13.7. The Hall–Kier alpha value is -0.340. The van der Waals surface area contributed by atoms with Gasteiger partial charge >= 0.3 is 0 Å². The maximum absolute atomic E-state index is 5.60. The van der Waals surface area contributed by atoms with Gasteiger partial charge in [-0.1, -0.05) is 26.0 Å². The summed E-state index contributed by atoms with van der Waals surface area (Å²) in [6.45, 7) is 14.2. The van der Waals surface area contributed by atoms with Gasteiger partial charge in [0.15, 0.2) is 0 Å². The Labute approximate surface area is 88.7 Å². The van der Waals surface area contributed by atoms with E-state index in [0.29, 0.717) is 6.04 Å². The smallest absolute Gasteiger partial charge is 0.0702 e. The summed E-state index contributed by atoms with van der Waals surface area (Å²) < 4.78 is 5.60. The first-order valence-corrected chi connectivity index (χ1v) is 5.67. The van der Waals surface area contributed by atoms with Gasteiger partial charge in [0.2, 0.25) is 0 Å². The summed E-state index contributed by atoms with van der Waals surface area (Å²) in [4.78, 5) is 0. The van der Waals surface area contributed by atoms with Crippen LogP contribution >= 0.6 is 0 Å². The molecule has 14 heavy (non-hydrogen) atoms. The third-order valence-electron chi connectivity index (χ3n) is 2.47. The average Bonchev–Trinajstić information content (AvgIpc) is 2.17. The lowest BCUT2D eigenvalue weighted by molar-refractivity contribution is 0.0479. The highest BCUT2D eigenvalue weighted by atomic mass is 16.5. The summed E-state index contributed by atoms with van der Waals surface area (Å²) >= 11 is 0. The first-order chi connectivity index (χ1) is 6.65. The lowest BCUT2D eigenvalue weighted by Crippen LogP contribution is -2.40. The van der Waals surface area contributed by atoms with Crippen molar-refractivity contribution in [2.45, 2.75) is 52.7 Å². The van der Waals surface area contributed by atoms with E-state index in [1.54, 1.807) is 0 Å². The number of ether oxygens (including phenoxy) is 1. The van der Waals surface area contributed by atoms with Gasteiger partial charge < -0.3 is 10.1 Å². The van der Waals surface area contributed by atoms with Crippen LogP contribution in [0.3, 0.4) is 0 Å². The molecule has 0 aliphatic rings. The SMILES string of the molecule is C=C(CC)CC(NCC)C(C)OCC. The molecule has 0 saturated heterocycles. The second-order valence-electron chi connectivity index (χ2n) is 3.63. The molecule has 0 spiro atoms. The molecular weight excluding hydrogens is 174 g/mol. The minimum atomic E-state index is 0.267. The van der Waals surface area contributed by atoms with Crippen molar-refractivity contribution in [2.24, 2.45) is 0 Å². The molecule has 2 nitrogen and oxygen atoms in total. The predicted octanol–water partition coefficient (Wildman–Crippen LogP) is 2.75. The summed E-state index contributed by atoms with van der Waals surface area (Å²) in [7, 11) is 0. The lowest BCUT2D eigenvalue weighted by Gasteiger charge is -2.25. The Balaban J connectivity index is 4.05. The molecular formula is C12H25NO. The molecule has 2 heteroatoms. The van der Waals surface area contributed by atoms with E-state index in [9.17, 15) is 0 Å². The lowest BCUT2D eigenvalue weighted by atomic mass is 10.0. The van der Waals surface area contributed by atoms with E-state index in [2.05, 4.69) is 32.7 Å². The van der Waals surface area contributed by atoms with E-state index in [4.69, 9.17) is 4.74 Å². The van der Waals surface area contributed by atoms with E-state index in [0.717, 1.165) is 26.0 Å². The molecule has 2 atom stereocenters. The predicted molar refractivity (Wildman–Crippen MR) is 62.6 cm³/mol. The van der Waals surface area contributed by atoms with E-state index in [1.165, 1.54) is 5.57 Å². The van der Waals surface area contributed by atoms with Crippen molar-refractivity contribution in [3.63, 3.8) is 0 Å². The van der Waals surface area contributed by atoms with Crippen LogP contribution in [0, 0.1) is 0 Å². The van der Waals surface area contributed by atoms with Crippen LogP contribution < -0.4 is 5.32 Å².